The molecule has 1 aromatic rings. The summed E-state index contributed by atoms with van der Waals surface area (Å²) in [6.07, 6.45) is 9.23. The van der Waals surface area contributed by atoms with Gasteiger partial charge in [-0.2, -0.15) is 0 Å². The Morgan fingerprint density at radius 1 is 1.56 bits per heavy atom. The number of hydrogen-bond donors (Lipinski definition) is 1. The molecule has 1 unspecified atom stereocenters. The van der Waals surface area contributed by atoms with E-state index in [0.29, 0.717) is 6.42 Å². The fourth-order valence-corrected chi connectivity index (χ4v) is 2.75. The molecule has 1 atom stereocenters. The molecule has 0 aromatic carbocycles. The van der Waals surface area contributed by atoms with Gasteiger partial charge in [0.25, 0.3) is 0 Å². The van der Waals surface area contributed by atoms with Gasteiger partial charge in [0.2, 0.25) is 0 Å². The zero-order valence-corrected chi connectivity index (χ0v) is 11.4. The molecular weight excluding hydrogens is 228 g/mol. The molecule has 0 spiro atoms. The minimum Gasteiger partial charge on any atom is -0.393 e. The van der Waals surface area contributed by atoms with Gasteiger partial charge in [-0.3, -0.25) is 0 Å². The van der Waals surface area contributed by atoms with Gasteiger partial charge in [-0.1, -0.05) is 6.92 Å². The molecule has 0 saturated heterocycles. The van der Waals surface area contributed by atoms with Gasteiger partial charge in [0.05, 0.1) is 11.7 Å². The van der Waals surface area contributed by atoms with Crippen LogP contribution in [-0.4, -0.2) is 33.5 Å². The van der Waals surface area contributed by atoms with Crippen molar-refractivity contribution in [3.8, 4) is 0 Å². The quantitative estimate of drug-likeness (QED) is 0.809. The molecule has 0 bridgehead atoms. The lowest BCUT2D eigenvalue weighted by Crippen LogP contribution is -2.42. The highest BCUT2D eigenvalue weighted by atomic mass is 16.5. The van der Waals surface area contributed by atoms with Crippen LogP contribution in [0.2, 0.25) is 0 Å². The van der Waals surface area contributed by atoms with Crippen LogP contribution in [0.25, 0.3) is 0 Å². The zero-order chi connectivity index (χ0) is 13.0. The molecule has 1 aliphatic rings. The van der Waals surface area contributed by atoms with Crippen LogP contribution >= 0.6 is 0 Å². The number of ether oxygens (including phenoxy) is 1. The van der Waals surface area contributed by atoms with E-state index in [1.165, 1.54) is 6.42 Å². The fourth-order valence-electron chi connectivity index (χ4n) is 2.75. The lowest BCUT2D eigenvalue weighted by Gasteiger charge is -2.41. The number of aromatic nitrogens is 2. The van der Waals surface area contributed by atoms with E-state index in [-0.39, 0.29) is 11.7 Å². The van der Waals surface area contributed by atoms with Gasteiger partial charge in [0.15, 0.2) is 0 Å². The SMILES string of the molecule is CCCn1ccnc1CC(O)CC1(OC)CCC1. The second-order valence-electron chi connectivity index (χ2n) is 5.34. The van der Waals surface area contributed by atoms with E-state index in [4.69, 9.17) is 4.74 Å². The number of methoxy groups -OCH3 is 1. The maximum absolute atomic E-state index is 10.2. The Kier molecular flexibility index (Phi) is 4.40. The zero-order valence-electron chi connectivity index (χ0n) is 11.4. The van der Waals surface area contributed by atoms with Crippen molar-refractivity contribution in [2.45, 2.75) is 63.7 Å². The van der Waals surface area contributed by atoms with Crippen LogP contribution in [0.15, 0.2) is 12.4 Å². The highest BCUT2D eigenvalue weighted by Gasteiger charge is 2.38. The second kappa shape index (κ2) is 5.85. The normalized spacial score (nSPS) is 19.5. The molecule has 1 aliphatic carbocycles. The van der Waals surface area contributed by atoms with Crippen molar-refractivity contribution in [3.63, 3.8) is 0 Å². The number of nitrogens with zero attached hydrogens (tertiary/aromatic N) is 2. The minimum absolute atomic E-state index is 0.0679. The van der Waals surface area contributed by atoms with Crippen molar-refractivity contribution in [2.75, 3.05) is 7.11 Å². The third kappa shape index (κ3) is 2.93. The summed E-state index contributed by atoms with van der Waals surface area (Å²) in [5.74, 6) is 0.981. The monoisotopic (exact) mass is 252 g/mol. The molecule has 1 aromatic heterocycles. The smallest absolute Gasteiger partial charge is 0.111 e. The molecule has 4 nitrogen and oxygen atoms in total. The molecule has 2 rings (SSSR count). The number of rotatable bonds is 7. The first-order valence-electron chi connectivity index (χ1n) is 6.92. The predicted molar refractivity (Wildman–Crippen MR) is 70.4 cm³/mol. The lowest BCUT2D eigenvalue weighted by molar-refractivity contribution is -0.0991. The summed E-state index contributed by atoms with van der Waals surface area (Å²) in [4.78, 5) is 4.34. The van der Waals surface area contributed by atoms with E-state index in [1.807, 2.05) is 12.4 Å². The topological polar surface area (TPSA) is 47.3 Å². The van der Waals surface area contributed by atoms with Gasteiger partial charge < -0.3 is 14.4 Å². The van der Waals surface area contributed by atoms with Gasteiger partial charge >= 0.3 is 0 Å². The molecule has 18 heavy (non-hydrogen) atoms. The van der Waals surface area contributed by atoms with E-state index in [1.54, 1.807) is 7.11 Å². The number of aryl methyl sites for hydroxylation is 1. The number of hydrogen-bond acceptors (Lipinski definition) is 3. The molecule has 0 aliphatic heterocycles. The van der Waals surface area contributed by atoms with Gasteiger partial charge in [-0.25, -0.2) is 4.98 Å². The van der Waals surface area contributed by atoms with Crippen LogP contribution in [-0.2, 0) is 17.7 Å². The highest BCUT2D eigenvalue weighted by molar-refractivity contribution is 4.98. The maximum atomic E-state index is 10.2. The van der Waals surface area contributed by atoms with Crippen molar-refractivity contribution < 1.29 is 9.84 Å². The Morgan fingerprint density at radius 2 is 2.33 bits per heavy atom. The molecule has 1 fully saturated rings. The molecule has 1 saturated carbocycles. The maximum Gasteiger partial charge on any atom is 0.111 e. The first-order valence-corrected chi connectivity index (χ1v) is 6.92. The van der Waals surface area contributed by atoms with Gasteiger partial charge in [0, 0.05) is 38.9 Å². The largest absolute Gasteiger partial charge is 0.393 e. The molecule has 0 amide bonds. The second-order valence-corrected chi connectivity index (χ2v) is 5.34. The number of aliphatic hydroxyl groups is 1. The van der Waals surface area contributed by atoms with E-state index in [9.17, 15) is 5.11 Å². The van der Waals surface area contributed by atoms with Crippen molar-refractivity contribution in [3.05, 3.63) is 18.2 Å². The Bertz CT molecular complexity index is 366. The summed E-state index contributed by atoms with van der Waals surface area (Å²) in [5.41, 5.74) is -0.0679. The van der Waals surface area contributed by atoms with Crippen molar-refractivity contribution in [1.29, 1.82) is 0 Å². The van der Waals surface area contributed by atoms with Crippen LogP contribution in [0.3, 0.4) is 0 Å². The van der Waals surface area contributed by atoms with Crippen LogP contribution in [0.5, 0.6) is 0 Å². The summed E-state index contributed by atoms with van der Waals surface area (Å²) in [5, 5.41) is 10.2. The number of imidazole rings is 1. The average Bonchev–Trinajstić information content (AvgIpc) is 2.72. The van der Waals surface area contributed by atoms with Crippen LogP contribution in [0, 0.1) is 0 Å². The third-order valence-corrected chi connectivity index (χ3v) is 3.99. The molecule has 102 valence electrons. The minimum atomic E-state index is -0.358. The molecular formula is C14H24N2O2. The lowest BCUT2D eigenvalue weighted by atomic mass is 9.76. The first kappa shape index (κ1) is 13.6. The summed E-state index contributed by atoms with van der Waals surface area (Å²) in [6.45, 7) is 3.12. The van der Waals surface area contributed by atoms with Crippen molar-refractivity contribution in [2.24, 2.45) is 0 Å². The first-order chi connectivity index (χ1) is 8.69. The van der Waals surface area contributed by atoms with Crippen LogP contribution in [0.1, 0.15) is 44.9 Å². The number of aliphatic hydroxyl groups excluding tert-OH is 1. The molecule has 4 heteroatoms. The van der Waals surface area contributed by atoms with Crippen LogP contribution in [0.4, 0.5) is 0 Å². The average molecular weight is 252 g/mol. The Labute approximate surface area is 109 Å². The summed E-state index contributed by atoms with van der Waals surface area (Å²) in [6, 6.07) is 0. The standard InChI is InChI=1S/C14H24N2O2/c1-3-8-16-9-7-15-13(16)10-12(17)11-14(18-2)5-4-6-14/h7,9,12,17H,3-6,8,10-11H2,1-2H3. The van der Waals surface area contributed by atoms with E-state index < -0.39 is 0 Å². The highest BCUT2D eigenvalue weighted by Crippen LogP contribution is 2.39. The van der Waals surface area contributed by atoms with Gasteiger partial charge in [-0.15, -0.1) is 0 Å². The van der Waals surface area contributed by atoms with E-state index in [2.05, 4.69) is 16.5 Å². The van der Waals surface area contributed by atoms with Gasteiger partial charge in [0.1, 0.15) is 5.82 Å². The summed E-state index contributed by atoms with van der Waals surface area (Å²) in [7, 11) is 1.75. The third-order valence-electron chi connectivity index (χ3n) is 3.99. The summed E-state index contributed by atoms with van der Waals surface area (Å²) < 4.78 is 7.68. The fraction of sp³-hybridized carbons (Fsp3) is 0.786. The Morgan fingerprint density at radius 3 is 2.89 bits per heavy atom. The molecule has 0 radical (unpaired) electrons. The van der Waals surface area contributed by atoms with Gasteiger partial charge in [-0.05, 0) is 25.7 Å². The molecule has 1 N–H and O–H groups in total. The van der Waals surface area contributed by atoms with Crippen LogP contribution < -0.4 is 0 Å². The summed E-state index contributed by atoms with van der Waals surface area (Å²) >= 11 is 0. The van der Waals surface area contributed by atoms with E-state index >= 15 is 0 Å². The van der Waals surface area contributed by atoms with Crippen molar-refractivity contribution >= 4 is 0 Å². The Hall–Kier alpha value is -0.870. The predicted octanol–water partition coefficient (Wildman–Crippen LogP) is 2.16. The molecule has 1 heterocycles. The van der Waals surface area contributed by atoms with E-state index in [0.717, 1.165) is 38.1 Å². The Balaban J connectivity index is 1.90. The van der Waals surface area contributed by atoms with Crippen molar-refractivity contribution in [1.82, 2.24) is 9.55 Å².